The van der Waals surface area contributed by atoms with E-state index in [9.17, 15) is 0 Å². The van der Waals surface area contributed by atoms with E-state index in [4.69, 9.17) is 0 Å². The fourth-order valence-corrected chi connectivity index (χ4v) is 0.331. The third-order valence-corrected chi connectivity index (χ3v) is 0.683. The van der Waals surface area contributed by atoms with E-state index in [1.165, 1.54) is 25.0 Å². The Bertz CT molecular complexity index is 186. The molecule has 60 valence electrons. The van der Waals surface area contributed by atoms with E-state index < -0.39 is 0 Å². The van der Waals surface area contributed by atoms with Crippen LogP contribution in [0, 0.1) is 0 Å². The SMILES string of the molecule is c1cnnnn1.c1ncnnn1. The summed E-state index contributed by atoms with van der Waals surface area (Å²) in [5.41, 5.74) is 0. The van der Waals surface area contributed by atoms with Crippen molar-refractivity contribution in [3.05, 3.63) is 25.0 Å². The number of aromatic nitrogens is 8. The Morgan fingerprint density at radius 3 is 1.33 bits per heavy atom. The maximum atomic E-state index is 3.50. The molecule has 0 radical (unpaired) electrons. The van der Waals surface area contributed by atoms with E-state index in [1.807, 2.05) is 0 Å². The van der Waals surface area contributed by atoms with Crippen molar-refractivity contribution in [3.8, 4) is 0 Å². The average Bonchev–Trinajstić information content (AvgIpc) is 2.24. The predicted octanol–water partition coefficient (Wildman–Crippen LogP) is -1.47. The van der Waals surface area contributed by atoms with Crippen LogP contribution < -0.4 is 0 Å². The molecule has 0 saturated heterocycles. The molecule has 0 aliphatic carbocycles. The molecule has 2 aromatic rings. The van der Waals surface area contributed by atoms with E-state index in [0.29, 0.717) is 0 Å². The average molecular weight is 164 g/mol. The van der Waals surface area contributed by atoms with Crippen molar-refractivity contribution in [1.82, 2.24) is 41.0 Å². The van der Waals surface area contributed by atoms with Crippen LogP contribution in [0.2, 0.25) is 0 Å². The van der Waals surface area contributed by atoms with Crippen molar-refractivity contribution in [3.63, 3.8) is 0 Å². The molecule has 0 aromatic carbocycles. The predicted molar refractivity (Wildman–Crippen MR) is 35.2 cm³/mol. The second-order valence-corrected chi connectivity index (χ2v) is 1.41. The summed E-state index contributed by atoms with van der Waals surface area (Å²) in [6.45, 7) is 0. The Labute approximate surface area is 67.1 Å². The minimum absolute atomic E-state index is 1.33. The van der Waals surface area contributed by atoms with Crippen molar-refractivity contribution in [1.29, 1.82) is 0 Å². The second kappa shape index (κ2) is 5.65. The first-order valence-corrected chi connectivity index (χ1v) is 2.88. The van der Waals surface area contributed by atoms with Gasteiger partial charge in [0, 0.05) is 0 Å². The van der Waals surface area contributed by atoms with Gasteiger partial charge in [-0.15, -0.1) is 20.4 Å². The molecule has 0 spiro atoms. The molecule has 8 heteroatoms. The molecule has 0 aliphatic rings. The third kappa shape index (κ3) is 3.82. The summed E-state index contributed by atoms with van der Waals surface area (Å²) in [5, 5.41) is 22.9. The summed E-state index contributed by atoms with van der Waals surface area (Å²) < 4.78 is 0. The molecule has 2 heterocycles. The van der Waals surface area contributed by atoms with Crippen LogP contribution in [-0.2, 0) is 0 Å². The van der Waals surface area contributed by atoms with Gasteiger partial charge in [0.25, 0.3) is 0 Å². The Kier molecular flexibility index (Phi) is 3.76. The van der Waals surface area contributed by atoms with Crippen molar-refractivity contribution < 1.29 is 0 Å². The zero-order valence-corrected chi connectivity index (χ0v) is 5.89. The molecule has 0 unspecified atom stereocenters. The van der Waals surface area contributed by atoms with Gasteiger partial charge in [0.05, 0.1) is 12.4 Å². The third-order valence-electron chi connectivity index (χ3n) is 0.683. The van der Waals surface area contributed by atoms with Gasteiger partial charge in [0.2, 0.25) is 0 Å². The molecule has 0 bridgehead atoms. The number of rotatable bonds is 0. The van der Waals surface area contributed by atoms with E-state index in [-0.39, 0.29) is 0 Å². The highest BCUT2D eigenvalue weighted by Gasteiger charge is 1.62. The van der Waals surface area contributed by atoms with E-state index >= 15 is 0 Å². The lowest BCUT2D eigenvalue weighted by Gasteiger charge is -1.67. The standard InChI is InChI=1S/2C2H2N4/c1-3-2-5-6-4-1;1-2-4-6-5-3-1/h2*1-2H. The van der Waals surface area contributed by atoms with Crippen LogP contribution in [0.25, 0.3) is 0 Å². The molecule has 8 nitrogen and oxygen atoms in total. The van der Waals surface area contributed by atoms with Gasteiger partial charge in [0.1, 0.15) is 12.7 Å². The molecule has 0 fully saturated rings. The normalized spacial score (nSPS) is 8.00. The lowest BCUT2D eigenvalue weighted by Crippen LogP contribution is -1.84. The molecular formula is C4H4N8. The highest BCUT2D eigenvalue weighted by atomic mass is 15.4. The number of hydrogen-bond donors (Lipinski definition) is 0. The summed E-state index contributed by atoms with van der Waals surface area (Å²) in [5.74, 6) is 0. The van der Waals surface area contributed by atoms with E-state index in [1.54, 1.807) is 0 Å². The lowest BCUT2D eigenvalue weighted by atomic mass is 11.0. The summed E-state index contributed by atoms with van der Waals surface area (Å²) >= 11 is 0. The van der Waals surface area contributed by atoms with Crippen LogP contribution in [0.15, 0.2) is 25.0 Å². The fourth-order valence-electron chi connectivity index (χ4n) is 0.331. The van der Waals surface area contributed by atoms with Crippen LogP contribution in [0.3, 0.4) is 0 Å². The second-order valence-electron chi connectivity index (χ2n) is 1.41. The van der Waals surface area contributed by atoms with Gasteiger partial charge in [-0.1, -0.05) is 0 Å². The summed E-state index contributed by atoms with van der Waals surface area (Å²) in [4.78, 5) is 3.50. The first-order valence-electron chi connectivity index (χ1n) is 2.88. The maximum absolute atomic E-state index is 3.50. The Morgan fingerprint density at radius 2 is 1.17 bits per heavy atom. The minimum Gasteiger partial charge on any atom is -0.221 e. The van der Waals surface area contributed by atoms with Crippen molar-refractivity contribution in [2.75, 3.05) is 0 Å². The molecular weight excluding hydrogens is 160 g/mol. The zero-order chi connectivity index (χ0) is 8.49. The molecule has 12 heavy (non-hydrogen) atoms. The van der Waals surface area contributed by atoms with Crippen LogP contribution in [0.4, 0.5) is 0 Å². The minimum atomic E-state index is 1.33. The van der Waals surface area contributed by atoms with Crippen LogP contribution >= 0.6 is 0 Å². The van der Waals surface area contributed by atoms with E-state index in [2.05, 4.69) is 41.0 Å². The monoisotopic (exact) mass is 164 g/mol. The first-order chi connectivity index (χ1) is 6.00. The molecule has 0 N–H and O–H groups in total. The molecule has 0 saturated carbocycles. The number of nitrogens with zero attached hydrogens (tertiary/aromatic N) is 8. The quantitative estimate of drug-likeness (QED) is 0.465. The molecule has 0 amide bonds. The van der Waals surface area contributed by atoms with Crippen LogP contribution in [0.1, 0.15) is 0 Å². The van der Waals surface area contributed by atoms with E-state index in [0.717, 1.165) is 0 Å². The Balaban J connectivity index is 0.000000120. The highest BCUT2D eigenvalue weighted by Crippen LogP contribution is 1.53. The lowest BCUT2D eigenvalue weighted by molar-refractivity contribution is 0.761. The van der Waals surface area contributed by atoms with Crippen molar-refractivity contribution in [2.45, 2.75) is 0 Å². The topological polar surface area (TPSA) is 103 Å². The number of hydrogen-bond acceptors (Lipinski definition) is 8. The molecule has 2 rings (SSSR count). The van der Waals surface area contributed by atoms with Gasteiger partial charge in [-0.05, 0) is 15.6 Å². The summed E-state index contributed by atoms with van der Waals surface area (Å²) in [6, 6.07) is 0. The van der Waals surface area contributed by atoms with Gasteiger partial charge < -0.3 is 0 Å². The smallest absolute Gasteiger partial charge is 0.141 e. The zero-order valence-electron chi connectivity index (χ0n) is 5.89. The maximum Gasteiger partial charge on any atom is 0.141 e. The van der Waals surface area contributed by atoms with Crippen molar-refractivity contribution in [2.24, 2.45) is 0 Å². The largest absolute Gasteiger partial charge is 0.221 e. The van der Waals surface area contributed by atoms with Gasteiger partial charge in [-0.25, -0.2) is 4.98 Å². The van der Waals surface area contributed by atoms with Crippen molar-refractivity contribution >= 4 is 0 Å². The summed E-state index contributed by atoms with van der Waals surface area (Å²) in [6.07, 6.45) is 5.58. The molecule has 2 aromatic heterocycles. The van der Waals surface area contributed by atoms with Gasteiger partial charge in [0.15, 0.2) is 0 Å². The van der Waals surface area contributed by atoms with Gasteiger partial charge in [-0.2, -0.15) is 0 Å². The molecule has 0 atom stereocenters. The first kappa shape index (κ1) is 7.98. The van der Waals surface area contributed by atoms with Gasteiger partial charge >= 0.3 is 0 Å². The van der Waals surface area contributed by atoms with Crippen LogP contribution in [0.5, 0.6) is 0 Å². The van der Waals surface area contributed by atoms with Gasteiger partial charge in [-0.3, -0.25) is 0 Å². The fraction of sp³-hybridized carbons (Fsp3) is 0. The summed E-state index contributed by atoms with van der Waals surface area (Å²) in [7, 11) is 0. The Hall–Kier alpha value is -2.12. The Morgan fingerprint density at radius 1 is 0.583 bits per heavy atom. The highest BCUT2D eigenvalue weighted by molar-refractivity contribution is 4.52. The molecule has 0 aliphatic heterocycles. The van der Waals surface area contributed by atoms with Crippen LogP contribution in [-0.4, -0.2) is 41.0 Å².